The molecule has 49 valence electrons. The van der Waals surface area contributed by atoms with Gasteiger partial charge in [-0.1, -0.05) is 13.8 Å². The van der Waals surface area contributed by atoms with Gasteiger partial charge in [0.2, 0.25) is 0 Å². The summed E-state index contributed by atoms with van der Waals surface area (Å²) in [7, 11) is 0. The van der Waals surface area contributed by atoms with Gasteiger partial charge in [0.1, 0.15) is 0 Å². The molecule has 1 unspecified atom stereocenters. The van der Waals surface area contributed by atoms with Crippen molar-refractivity contribution in [2.45, 2.75) is 32.9 Å². The van der Waals surface area contributed by atoms with E-state index in [1.54, 1.807) is 0 Å². The standard InChI is InChI=1S/C6H15N2/c1-3-5-8-6(7)4-2/h6-8H,3-5H2,1-2H3. The molecule has 0 bridgehead atoms. The van der Waals surface area contributed by atoms with Crippen LogP contribution in [-0.4, -0.2) is 12.7 Å². The molecule has 0 aromatic rings. The molecule has 0 aliphatic carbocycles. The number of hydrogen-bond donors (Lipinski definition) is 1. The quantitative estimate of drug-likeness (QED) is 0.583. The molecule has 0 saturated carbocycles. The normalized spacial score (nSPS) is 13.9. The van der Waals surface area contributed by atoms with Gasteiger partial charge in [-0.15, -0.1) is 0 Å². The molecule has 0 aliphatic heterocycles. The van der Waals surface area contributed by atoms with Gasteiger partial charge in [-0.05, 0) is 19.4 Å². The summed E-state index contributed by atoms with van der Waals surface area (Å²) in [5.41, 5.74) is 7.21. The zero-order valence-electron chi connectivity index (χ0n) is 5.70. The van der Waals surface area contributed by atoms with Crippen LogP contribution >= 0.6 is 0 Å². The van der Waals surface area contributed by atoms with Crippen molar-refractivity contribution in [1.82, 2.24) is 11.1 Å². The van der Waals surface area contributed by atoms with Gasteiger partial charge in [-0.3, -0.25) is 0 Å². The molecule has 0 spiro atoms. The Morgan fingerprint density at radius 2 is 2.12 bits per heavy atom. The molecule has 2 heteroatoms. The Morgan fingerprint density at radius 3 is 2.50 bits per heavy atom. The van der Waals surface area contributed by atoms with Gasteiger partial charge in [-0.25, -0.2) is 5.73 Å². The molecule has 1 radical (unpaired) electrons. The Balaban J connectivity index is 2.86. The summed E-state index contributed by atoms with van der Waals surface area (Å²) < 4.78 is 0. The Kier molecular flexibility index (Phi) is 5.01. The largest absolute Gasteiger partial charge is 0.301 e. The predicted octanol–water partition coefficient (Wildman–Crippen LogP) is 1.00. The van der Waals surface area contributed by atoms with Crippen molar-refractivity contribution in [2.75, 3.05) is 6.54 Å². The van der Waals surface area contributed by atoms with Crippen molar-refractivity contribution in [2.24, 2.45) is 0 Å². The van der Waals surface area contributed by atoms with Crippen LogP contribution in [0.1, 0.15) is 26.7 Å². The zero-order chi connectivity index (χ0) is 6.41. The second-order valence-electron chi connectivity index (χ2n) is 1.91. The fourth-order valence-electron chi connectivity index (χ4n) is 0.463. The molecular formula is C6H15N2. The first-order valence-corrected chi connectivity index (χ1v) is 3.25. The van der Waals surface area contributed by atoms with Crippen LogP contribution in [-0.2, 0) is 0 Å². The van der Waals surface area contributed by atoms with E-state index < -0.39 is 0 Å². The van der Waals surface area contributed by atoms with E-state index >= 15 is 0 Å². The third-order valence-electron chi connectivity index (χ3n) is 1.05. The maximum absolute atomic E-state index is 7.21. The summed E-state index contributed by atoms with van der Waals surface area (Å²) in [6.07, 6.45) is 1.98. The van der Waals surface area contributed by atoms with E-state index in [0.717, 1.165) is 19.4 Å². The summed E-state index contributed by atoms with van der Waals surface area (Å²) in [6.45, 7) is 5.09. The number of rotatable bonds is 4. The molecule has 2 nitrogen and oxygen atoms in total. The fourth-order valence-corrected chi connectivity index (χ4v) is 0.463. The molecule has 0 aliphatic rings. The van der Waals surface area contributed by atoms with E-state index in [1.165, 1.54) is 0 Å². The molecule has 0 amide bonds. The molecule has 0 saturated heterocycles. The molecule has 1 atom stereocenters. The Morgan fingerprint density at radius 1 is 1.50 bits per heavy atom. The summed E-state index contributed by atoms with van der Waals surface area (Å²) in [6, 6.07) is 0. The van der Waals surface area contributed by atoms with Crippen molar-refractivity contribution >= 4 is 0 Å². The minimum atomic E-state index is -0.0463. The van der Waals surface area contributed by atoms with Gasteiger partial charge in [0.15, 0.2) is 0 Å². The van der Waals surface area contributed by atoms with E-state index in [2.05, 4.69) is 12.2 Å². The van der Waals surface area contributed by atoms with Crippen molar-refractivity contribution in [3.05, 3.63) is 0 Å². The molecular weight excluding hydrogens is 100 g/mol. The average Bonchev–Trinajstić information content (AvgIpc) is 1.83. The molecule has 0 fully saturated rings. The van der Waals surface area contributed by atoms with Crippen LogP contribution in [0.5, 0.6) is 0 Å². The van der Waals surface area contributed by atoms with E-state index in [9.17, 15) is 0 Å². The first-order chi connectivity index (χ1) is 3.81. The first kappa shape index (κ1) is 7.92. The van der Waals surface area contributed by atoms with Crippen molar-refractivity contribution in [3.8, 4) is 0 Å². The Hall–Kier alpha value is -0.0800. The highest BCUT2D eigenvalue weighted by Crippen LogP contribution is 1.81. The zero-order valence-corrected chi connectivity index (χ0v) is 5.70. The van der Waals surface area contributed by atoms with Crippen LogP contribution in [0.4, 0.5) is 0 Å². The molecule has 2 N–H and O–H groups in total. The summed E-state index contributed by atoms with van der Waals surface area (Å²) in [5, 5.41) is 3.05. The maximum atomic E-state index is 7.21. The highest BCUT2D eigenvalue weighted by atomic mass is 15.0. The lowest BCUT2D eigenvalue weighted by Gasteiger charge is -2.07. The van der Waals surface area contributed by atoms with Crippen LogP contribution in [0.2, 0.25) is 0 Å². The van der Waals surface area contributed by atoms with Gasteiger partial charge in [-0.2, -0.15) is 0 Å². The Bertz CT molecular complexity index is 45.8. The minimum absolute atomic E-state index is 0.0463. The van der Waals surface area contributed by atoms with Crippen molar-refractivity contribution in [3.63, 3.8) is 0 Å². The highest BCUT2D eigenvalue weighted by molar-refractivity contribution is 4.52. The smallest absolute Gasteiger partial charge is 0.0701 e. The average molecular weight is 115 g/mol. The predicted molar refractivity (Wildman–Crippen MR) is 35.5 cm³/mol. The monoisotopic (exact) mass is 115 g/mol. The topological polar surface area (TPSA) is 35.8 Å². The van der Waals surface area contributed by atoms with Crippen molar-refractivity contribution < 1.29 is 0 Å². The Labute approximate surface area is 51.5 Å². The van der Waals surface area contributed by atoms with Gasteiger partial charge in [0.05, 0.1) is 6.17 Å². The van der Waals surface area contributed by atoms with E-state index in [-0.39, 0.29) is 6.17 Å². The molecule has 0 aromatic heterocycles. The van der Waals surface area contributed by atoms with Crippen LogP contribution in [0.25, 0.3) is 0 Å². The summed E-state index contributed by atoms with van der Waals surface area (Å²) >= 11 is 0. The molecule has 0 aromatic carbocycles. The lowest BCUT2D eigenvalue weighted by atomic mass is 10.4. The first-order valence-electron chi connectivity index (χ1n) is 3.25. The second kappa shape index (κ2) is 5.06. The van der Waals surface area contributed by atoms with Gasteiger partial charge in [0.25, 0.3) is 0 Å². The SMILES string of the molecule is CCCNC([NH])CC. The number of hydrogen-bond acceptors (Lipinski definition) is 1. The van der Waals surface area contributed by atoms with E-state index in [0.29, 0.717) is 0 Å². The molecule has 0 heterocycles. The number of nitrogens with one attached hydrogen (secondary N) is 2. The van der Waals surface area contributed by atoms with E-state index in [1.807, 2.05) is 6.92 Å². The van der Waals surface area contributed by atoms with Gasteiger partial charge >= 0.3 is 0 Å². The summed E-state index contributed by atoms with van der Waals surface area (Å²) in [5.74, 6) is 0. The minimum Gasteiger partial charge on any atom is -0.301 e. The third-order valence-corrected chi connectivity index (χ3v) is 1.05. The second-order valence-corrected chi connectivity index (χ2v) is 1.91. The summed E-state index contributed by atoms with van der Waals surface area (Å²) in [4.78, 5) is 0. The lowest BCUT2D eigenvalue weighted by Crippen LogP contribution is -2.29. The maximum Gasteiger partial charge on any atom is 0.0701 e. The van der Waals surface area contributed by atoms with Crippen LogP contribution in [0.15, 0.2) is 0 Å². The van der Waals surface area contributed by atoms with E-state index in [4.69, 9.17) is 5.73 Å². The van der Waals surface area contributed by atoms with Crippen molar-refractivity contribution in [1.29, 1.82) is 0 Å². The third kappa shape index (κ3) is 4.09. The lowest BCUT2D eigenvalue weighted by molar-refractivity contribution is 0.500. The van der Waals surface area contributed by atoms with Gasteiger partial charge < -0.3 is 5.32 Å². The van der Waals surface area contributed by atoms with Crippen LogP contribution < -0.4 is 11.1 Å². The van der Waals surface area contributed by atoms with Crippen LogP contribution in [0, 0.1) is 0 Å². The fraction of sp³-hybridized carbons (Fsp3) is 1.00. The highest BCUT2D eigenvalue weighted by Gasteiger charge is 1.93. The molecule has 8 heavy (non-hydrogen) atoms. The molecule has 0 rings (SSSR count). The van der Waals surface area contributed by atoms with Gasteiger partial charge in [0, 0.05) is 0 Å². The van der Waals surface area contributed by atoms with Crippen LogP contribution in [0.3, 0.4) is 0 Å².